The zero-order chi connectivity index (χ0) is 12.9. The van der Waals surface area contributed by atoms with Crippen molar-refractivity contribution in [2.75, 3.05) is 18.5 Å². The molecule has 4 nitrogen and oxygen atoms in total. The molecule has 0 heterocycles. The minimum absolute atomic E-state index is 0. The Balaban J connectivity index is 0.00000289. The Morgan fingerprint density at radius 3 is 2.67 bits per heavy atom. The summed E-state index contributed by atoms with van der Waals surface area (Å²) in [6, 6.07) is 7.22. The van der Waals surface area contributed by atoms with Crippen LogP contribution in [0.15, 0.2) is 24.3 Å². The number of ether oxygens (including phenoxy) is 1. The summed E-state index contributed by atoms with van der Waals surface area (Å²) in [5.74, 6) is -0.303. The lowest BCUT2D eigenvalue weighted by molar-refractivity contribution is 0.0526. The fourth-order valence-corrected chi connectivity index (χ4v) is 1.30. The number of esters is 1. The molecule has 0 atom stereocenters. The first-order valence-corrected chi connectivity index (χ1v) is 5.72. The van der Waals surface area contributed by atoms with Crippen molar-refractivity contribution in [3.05, 3.63) is 29.8 Å². The third kappa shape index (κ3) is 5.89. The Kier molecular flexibility index (Phi) is 6.73. The molecule has 0 radical (unpaired) electrons. The van der Waals surface area contributed by atoms with Crippen molar-refractivity contribution in [3.63, 3.8) is 0 Å². The minimum Gasteiger partial charge on any atom is -0.462 e. The van der Waals surface area contributed by atoms with Crippen molar-refractivity contribution in [3.8, 4) is 0 Å². The Morgan fingerprint density at radius 1 is 1.44 bits per heavy atom. The van der Waals surface area contributed by atoms with Gasteiger partial charge in [0.2, 0.25) is 0 Å². The van der Waals surface area contributed by atoms with E-state index in [9.17, 15) is 4.79 Å². The topological polar surface area (TPSA) is 64.3 Å². The van der Waals surface area contributed by atoms with Gasteiger partial charge < -0.3 is 15.8 Å². The van der Waals surface area contributed by atoms with Gasteiger partial charge in [-0.3, -0.25) is 0 Å². The highest BCUT2D eigenvalue weighted by atomic mass is 35.5. The zero-order valence-corrected chi connectivity index (χ0v) is 11.8. The van der Waals surface area contributed by atoms with Gasteiger partial charge in [0.1, 0.15) is 0 Å². The number of hydrogen-bond acceptors (Lipinski definition) is 4. The highest BCUT2D eigenvalue weighted by Crippen LogP contribution is 2.12. The van der Waals surface area contributed by atoms with E-state index in [0.29, 0.717) is 18.7 Å². The largest absolute Gasteiger partial charge is 0.462 e. The number of nitrogens with one attached hydrogen (secondary N) is 1. The van der Waals surface area contributed by atoms with E-state index in [2.05, 4.69) is 5.32 Å². The van der Waals surface area contributed by atoms with Crippen LogP contribution in [0.1, 0.15) is 31.1 Å². The smallest absolute Gasteiger partial charge is 0.338 e. The molecular formula is C13H21ClN2O2. The lowest BCUT2D eigenvalue weighted by atomic mass is 10.1. The molecular weight excluding hydrogens is 252 g/mol. The van der Waals surface area contributed by atoms with Gasteiger partial charge in [0.25, 0.3) is 0 Å². The summed E-state index contributed by atoms with van der Waals surface area (Å²) in [6.07, 6.45) is 0. The van der Waals surface area contributed by atoms with Crippen LogP contribution in [0.2, 0.25) is 0 Å². The van der Waals surface area contributed by atoms with E-state index in [-0.39, 0.29) is 23.9 Å². The maximum atomic E-state index is 11.5. The predicted octanol–water partition coefficient (Wildman–Crippen LogP) is 2.43. The second kappa shape index (κ2) is 7.24. The Morgan fingerprint density at radius 2 is 2.11 bits per heavy atom. The lowest BCUT2D eigenvalue weighted by Gasteiger charge is -2.19. The van der Waals surface area contributed by atoms with Crippen molar-refractivity contribution in [1.82, 2.24) is 0 Å². The average Bonchev–Trinajstić information content (AvgIpc) is 2.26. The van der Waals surface area contributed by atoms with E-state index < -0.39 is 0 Å². The Hall–Kier alpha value is -1.26. The van der Waals surface area contributed by atoms with Gasteiger partial charge in [0.05, 0.1) is 12.2 Å². The molecule has 5 heteroatoms. The first-order chi connectivity index (χ1) is 7.92. The molecule has 0 amide bonds. The molecule has 0 saturated heterocycles. The molecule has 0 bridgehead atoms. The van der Waals surface area contributed by atoms with Gasteiger partial charge in [-0.05, 0) is 39.0 Å². The van der Waals surface area contributed by atoms with Gasteiger partial charge in [-0.1, -0.05) is 6.07 Å². The van der Waals surface area contributed by atoms with Crippen LogP contribution in [0.5, 0.6) is 0 Å². The van der Waals surface area contributed by atoms with Crippen LogP contribution in [0.4, 0.5) is 5.69 Å². The maximum Gasteiger partial charge on any atom is 0.338 e. The van der Waals surface area contributed by atoms with Gasteiger partial charge in [-0.25, -0.2) is 4.79 Å². The maximum absolute atomic E-state index is 11.5. The van der Waals surface area contributed by atoms with E-state index in [4.69, 9.17) is 10.5 Å². The molecule has 18 heavy (non-hydrogen) atoms. The van der Waals surface area contributed by atoms with E-state index in [0.717, 1.165) is 5.69 Å². The van der Waals surface area contributed by atoms with Crippen molar-refractivity contribution in [1.29, 1.82) is 0 Å². The van der Waals surface area contributed by atoms with Gasteiger partial charge in [0, 0.05) is 17.8 Å². The van der Waals surface area contributed by atoms with E-state index in [1.807, 2.05) is 26.0 Å². The van der Waals surface area contributed by atoms with Gasteiger partial charge in [-0.15, -0.1) is 12.4 Å². The Bertz CT molecular complexity index is 389. The highest BCUT2D eigenvalue weighted by Gasteiger charge is 2.11. The third-order valence-corrected chi connectivity index (χ3v) is 2.12. The van der Waals surface area contributed by atoms with Gasteiger partial charge in [0.15, 0.2) is 0 Å². The fourth-order valence-electron chi connectivity index (χ4n) is 1.30. The number of carbonyl (C=O) groups excluding carboxylic acids is 1. The molecule has 1 rings (SSSR count). The lowest BCUT2D eigenvalue weighted by Crippen LogP contribution is -2.39. The number of nitrogens with two attached hydrogens (primary N) is 1. The summed E-state index contributed by atoms with van der Waals surface area (Å²) in [7, 11) is 0. The summed E-state index contributed by atoms with van der Waals surface area (Å²) in [5, 5.41) is 3.19. The van der Waals surface area contributed by atoms with E-state index in [1.165, 1.54) is 0 Å². The third-order valence-electron chi connectivity index (χ3n) is 2.12. The quantitative estimate of drug-likeness (QED) is 0.808. The highest BCUT2D eigenvalue weighted by molar-refractivity contribution is 5.90. The van der Waals surface area contributed by atoms with Crippen LogP contribution in [0.25, 0.3) is 0 Å². The van der Waals surface area contributed by atoms with Gasteiger partial charge in [-0.2, -0.15) is 0 Å². The molecule has 0 spiro atoms. The van der Waals surface area contributed by atoms with Crippen LogP contribution in [0.3, 0.4) is 0 Å². The molecule has 1 aromatic carbocycles. The molecule has 0 aliphatic rings. The minimum atomic E-state index is -0.303. The number of anilines is 1. The van der Waals surface area contributed by atoms with Crippen molar-refractivity contribution in [2.45, 2.75) is 26.3 Å². The number of carbonyl (C=O) groups is 1. The van der Waals surface area contributed by atoms with Crippen molar-refractivity contribution < 1.29 is 9.53 Å². The monoisotopic (exact) mass is 272 g/mol. The van der Waals surface area contributed by atoms with Crippen molar-refractivity contribution in [2.24, 2.45) is 5.73 Å². The molecule has 102 valence electrons. The molecule has 0 aliphatic heterocycles. The molecule has 0 aliphatic carbocycles. The first kappa shape index (κ1) is 16.7. The van der Waals surface area contributed by atoms with Crippen molar-refractivity contribution >= 4 is 24.1 Å². The summed E-state index contributed by atoms with van der Waals surface area (Å²) in [5.41, 5.74) is 7.00. The Labute approximate surface area is 114 Å². The molecule has 1 aromatic rings. The summed E-state index contributed by atoms with van der Waals surface area (Å²) in [6.45, 7) is 6.69. The van der Waals surface area contributed by atoms with Crippen LogP contribution in [-0.2, 0) is 4.74 Å². The number of halogens is 1. The summed E-state index contributed by atoms with van der Waals surface area (Å²) >= 11 is 0. The zero-order valence-electron chi connectivity index (χ0n) is 11.0. The molecule has 0 unspecified atom stereocenters. The van der Waals surface area contributed by atoms with E-state index >= 15 is 0 Å². The molecule has 0 fully saturated rings. The molecule has 0 saturated carbocycles. The number of rotatable bonds is 5. The standard InChI is InChI=1S/C13H20N2O2.ClH/c1-4-17-12(16)10-6-5-7-11(8-10)15-9-13(2,3)14;/h5-8,15H,4,9,14H2,1-3H3;1H. The van der Waals surface area contributed by atoms with Crippen LogP contribution in [-0.4, -0.2) is 24.7 Å². The van der Waals surface area contributed by atoms with Gasteiger partial charge >= 0.3 is 5.97 Å². The number of benzene rings is 1. The summed E-state index contributed by atoms with van der Waals surface area (Å²) < 4.78 is 4.94. The van der Waals surface area contributed by atoms with Crippen LogP contribution in [0, 0.1) is 0 Å². The predicted molar refractivity (Wildman–Crippen MR) is 76.4 cm³/mol. The SMILES string of the molecule is CCOC(=O)c1cccc(NCC(C)(C)N)c1.Cl. The second-order valence-electron chi connectivity index (χ2n) is 4.64. The van der Waals surface area contributed by atoms with Crippen LogP contribution < -0.4 is 11.1 Å². The molecule has 0 aromatic heterocycles. The number of hydrogen-bond donors (Lipinski definition) is 2. The average molecular weight is 273 g/mol. The van der Waals surface area contributed by atoms with E-state index in [1.54, 1.807) is 19.1 Å². The van der Waals surface area contributed by atoms with Crippen LogP contribution >= 0.6 is 12.4 Å². The summed E-state index contributed by atoms with van der Waals surface area (Å²) in [4.78, 5) is 11.5. The molecule has 3 N–H and O–H groups in total. The first-order valence-electron chi connectivity index (χ1n) is 5.72. The fraction of sp³-hybridized carbons (Fsp3) is 0.462. The normalized spacial score (nSPS) is 10.4. The second-order valence-corrected chi connectivity index (χ2v) is 4.64.